The van der Waals surface area contributed by atoms with Crippen molar-refractivity contribution >= 4 is 22.0 Å². The van der Waals surface area contributed by atoms with Crippen LogP contribution in [0.3, 0.4) is 0 Å². The predicted octanol–water partition coefficient (Wildman–Crippen LogP) is -0.127. The van der Waals surface area contributed by atoms with Gasteiger partial charge in [-0.2, -0.15) is 4.31 Å². The van der Waals surface area contributed by atoms with Crippen LogP contribution in [-0.4, -0.2) is 63.4 Å². The van der Waals surface area contributed by atoms with Gasteiger partial charge in [0.2, 0.25) is 10.0 Å². The number of halogens is 1. The quantitative estimate of drug-likeness (QED) is 0.610. The molecule has 3 N–H and O–H groups in total. The Bertz CT molecular complexity index is 817. The minimum absolute atomic E-state index is 0.0551. The van der Waals surface area contributed by atoms with Crippen LogP contribution in [0, 0.1) is 5.82 Å². The molecule has 1 saturated heterocycles. The lowest BCUT2D eigenvalue weighted by molar-refractivity contribution is -0.895. The van der Waals surface area contributed by atoms with E-state index in [0.29, 0.717) is 13.1 Å². The number of sulfonamides is 1. The first kappa shape index (κ1) is 21.7. The van der Waals surface area contributed by atoms with E-state index < -0.39 is 21.9 Å². The van der Waals surface area contributed by atoms with Crippen molar-refractivity contribution in [3.8, 4) is 0 Å². The average Bonchev–Trinajstić information content (AvgIpc) is 2.69. The number of piperazine rings is 1. The van der Waals surface area contributed by atoms with Gasteiger partial charge in [-0.3, -0.25) is 10.1 Å². The van der Waals surface area contributed by atoms with Crippen LogP contribution >= 0.6 is 0 Å². The maximum absolute atomic E-state index is 13.0. The van der Waals surface area contributed by atoms with Crippen LogP contribution in [0.2, 0.25) is 0 Å². The molecule has 8 nitrogen and oxygen atoms in total. The third-order valence-corrected chi connectivity index (χ3v) is 7.40. The number of carbonyl (C=O) groups excluding carboxylic acids is 2. The molecule has 3 rings (SSSR count). The number of imide groups is 1. The number of hydrogen-bond acceptors (Lipinski definition) is 4. The summed E-state index contributed by atoms with van der Waals surface area (Å²) in [5.74, 6) is -0.861. The minimum atomic E-state index is -3.68. The van der Waals surface area contributed by atoms with Gasteiger partial charge in [0.05, 0.1) is 31.1 Å². The van der Waals surface area contributed by atoms with E-state index in [1.807, 2.05) is 0 Å². The first-order chi connectivity index (χ1) is 13.8. The Labute approximate surface area is 170 Å². The summed E-state index contributed by atoms with van der Waals surface area (Å²) >= 11 is 0. The van der Waals surface area contributed by atoms with Crippen LogP contribution in [0.25, 0.3) is 0 Å². The number of hydrogen-bond donors (Lipinski definition) is 3. The molecule has 0 atom stereocenters. The van der Waals surface area contributed by atoms with Crippen LogP contribution < -0.4 is 15.5 Å². The van der Waals surface area contributed by atoms with Gasteiger partial charge in [0.25, 0.3) is 5.91 Å². The Balaban J connectivity index is 1.43. The fourth-order valence-electron chi connectivity index (χ4n) is 3.84. The lowest BCUT2D eigenvalue weighted by Crippen LogP contribution is -3.15. The van der Waals surface area contributed by atoms with Crippen molar-refractivity contribution in [3.05, 3.63) is 30.1 Å². The fourth-order valence-corrected chi connectivity index (χ4v) is 5.28. The van der Waals surface area contributed by atoms with Crippen molar-refractivity contribution in [2.24, 2.45) is 0 Å². The first-order valence-corrected chi connectivity index (χ1v) is 11.5. The normalized spacial score (nSPS) is 19.6. The topological polar surface area (TPSA) is 100 Å². The van der Waals surface area contributed by atoms with Crippen LogP contribution in [-0.2, 0) is 14.8 Å². The van der Waals surface area contributed by atoms with E-state index in [1.165, 1.54) is 22.9 Å². The molecule has 1 aromatic carbocycles. The number of nitrogens with one attached hydrogen (secondary N) is 3. The van der Waals surface area contributed by atoms with Gasteiger partial charge in [0, 0.05) is 6.04 Å². The highest BCUT2D eigenvalue weighted by atomic mass is 32.2. The molecular formula is C19H28FN4O4S+. The highest BCUT2D eigenvalue weighted by Gasteiger charge is 2.31. The van der Waals surface area contributed by atoms with Crippen molar-refractivity contribution in [2.45, 2.75) is 43.0 Å². The van der Waals surface area contributed by atoms with Gasteiger partial charge in [0.1, 0.15) is 5.82 Å². The summed E-state index contributed by atoms with van der Waals surface area (Å²) in [5, 5.41) is 5.21. The van der Waals surface area contributed by atoms with E-state index in [1.54, 1.807) is 0 Å². The molecule has 2 aliphatic rings. The molecule has 1 heterocycles. The summed E-state index contributed by atoms with van der Waals surface area (Å²) < 4.78 is 39.6. The molecule has 1 saturated carbocycles. The van der Waals surface area contributed by atoms with Gasteiger partial charge < -0.3 is 10.2 Å². The summed E-state index contributed by atoms with van der Waals surface area (Å²) in [6, 6.07) is 4.42. The van der Waals surface area contributed by atoms with E-state index in [2.05, 4.69) is 10.6 Å². The molecule has 0 aromatic heterocycles. The molecular weight excluding hydrogens is 399 g/mol. The van der Waals surface area contributed by atoms with E-state index >= 15 is 0 Å². The SMILES string of the molecule is O=C(C[NH+]1CCN(S(=O)(=O)c2ccc(F)cc2)CC1)NC(=O)NC1CCCCC1. The first-order valence-electron chi connectivity index (χ1n) is 10.0. The number of quaternary nitrogens is 1. The predicted molar refractivity (Wildman–Crippen MR) is 104 cm³/mol. The molecule has 10 heteroatoms. The Kier molecular flexibility index (Phi) is 7.20. The molecule has 0 bridgehead atoms. The van der Waals surface area contributed by atoms with Gasteiger partial charge in [-0.15, -0.1) is 0 Å². The maximum Gasteiger partial charge on any atom is 0.321 e. The highest BCUT2D eigenvalue weighted by molar-refractivity contribution is 7.89. The molecule has 3 amide bonds. The van der Waals surface area contributed by atoms with Crippen molar-refractivity contribution in [1.29, 1.82) is 0 Å². The van der Waals surface area contributed by atoms with Crippen LogP contribution in [0.1, 0.15) is 32.1 Å². The van der Waals surface area contributed by atoms with Crippen molar-refractivity contribution in [2.75, 3.05) is 32.7 Å². The Morgan fingerprint density at radius 3 is 2.31 bits per heavy atom. The van der Waals surface area contributed by atoms with E-state index in [4.69, 9.17) is 0 Å². The molecule has 1 aliphatic heterocycles. The second kappa shape index (κ2) is 9.64. The molecule has 1 aliphatic carbocycles. The number of nitrogens with zero attached hydrogens (tertiary/aromatic N) is 1. The van der Waals surface area contributed by atoms with Crippen molar-refractivity contribution in [1.82, 2.24) is 14.9 Å². The second-order valence-electron chi connectivity index (χ2n) is 7.64. The highest BCUT2D eigenvalue weighted by Crippen LogP contribution is 2.17. The summed E-state index contributed by atoms with van der Waals surface area (Å²) in [4.78, 5) is 25.1. The van der Waals surface area contributed by atoms with Gasteiger partial charge in [-0.05, 0) is 37.1 Å². The Morgan fingerprint density at radius 1 is 1.07 bits per heavy atom. The van der Waals surface area contributed by atoms with Crippen LogP contribution in [0.5, 0.6) is 0 Å². The van der Waals surface area contributed by atoms with E-state index in [0.717, 1.165) is 42.7 Å². The minimum Gasteiger partial charge on any atom is -0.335 e. The molecule has 0 unspecified atom stereocenters. The summed E-state index contributed by atoms with van der Waals surface area (Å²) in [7, 11) is -3.68. The zero-order chi connectivity index (χ0) is 20.9. The number of carbonyl (C=O) groups is 2. The molecule has 160 valence electrons. The smallest absolute Gasteiger partial charge is 0.321 e. The zero-order valence-corrected chi connectivity index (χ0v) is 17.1. The van der Waals surface area contributed by atoms with Crippen molar-refractivity contribution in [3.63, 3.8) is 0 Å². The van der Waals surface area contributed by atoms with E-state index in [-0.39, 0.29) is 36.5 Å². The molecule has 1 aromatic rings. The Hall–Kier alpha value is -2.04. The zero-order valence-electron chi connectivity index (χ0n) is 16.3. The van der Waals surface area contributed by atoms with Crippen molar-refractivity contribution < 1.29 is 27.3 Å². The standard InChI is InChI=1S/C19H27FN4O4S/c20-15-6-8-17(9-7-15)29(27,28)24-12-10-23(11-13-24)14-18(25)22-19(26)21-16-4-2-1-3-5-16/h6-9,16H,1-5,10-14H2,(H2,21,22,25,26)/p+1. The lowest BCUT2D eigenvalue weighted by Gasteiger charge is -2.31. The third kappa shape index (κ3) is 5.97. The van der Waals surface area contributed by atoms with Crippen LogP contribution in [0.15, 0.2) is 29.2 Å². The fraction of sp³-hybridized carbons (Fsp3) is 0.579. The van der Waals surface area contributed by atoms with E-state index in [9.17, 15) is 22.4 Å². The monoisotopic (exact) mass is 427 g/mol. The molecule has 29 heavy (non-hydrogen) atoms. The number of rotatable bonds is 5. The summed E-state index contributed by atoms with van der Waals surface area (Å²) in [6.07, 6.45) is 5.25. The third-order valence-electron chi connectivity index (χ3n) is 5.48. The average molecular weight is 428 g/mol. The van der Waals surface area contributed by atoms with Gasteiger partial charge in [-0.25, -0.2) is 17.6 Å². The molecule has 0 spiro atoms. The van der Waals surface area contributed by atoms with Gasteiger partial charge in [0.15, 0.2) is 6.54 Å². The summed E-state index contributed by atoms with van der Waals surface area (Å²) in [5.41, 5.74) is 0. The molecule has 2 fully saturated rings. The number of benzene rings is 1. The van der Waals surface area contributed by atoms with Crippen LogP contribution in [0.4, 0.5) is 9.18 Å². The van der Waals surface area contributed by atoms with Gasteiger partial charge in [-0.1, -0.05) is 19.3 Å². The maximum atomic E-state index is 13.0. The lowest BCUT2D eigenvalue weighted by atomic mass is 9.96. The second-order valence-corrected chi connectivity index (χ2v) is 9.58. The number of amides is 3. The number of urea groups is 1. The molecule has 0 radical (unpaired) electrons. The van der Waals surface area contributed by atoms with Gasteiger partial charge >= 0.3 is 6.03 Å². The largest absolute Gasteiger partial charge is 0.335 e. The Morgan fingerprint density at radius 2 is 1.69 bits per heavy atom. The summed E-state index contributed by atoms with van der Waals surface area (Å²) in [6.45, 7) is 1.55.